The molecule has 7 heteroatoms. The molecule has 0 bridgehead atoms. The van der Waals surface area contributed by atoms with Crippen molar-refractivity contribution in [2.45, 2.75) is 31.5 Å². The Bertz CT molecular complexity index is 769. The number of benzene rings is 2. The number of carbonyl (C=O) groups is 1. The molecule has 0 aromatic heterocycles. The third kappa shape index (κ3) is 4.96. The van der Waals surface area contributed by atoms with Gasteiger partial charge in [-0.25, -0.2) is 15.2 Å². The maximum Gasteiger partial charge on any atom is 0.238 e. The Kier molecular flexibility index (Phi) is 6.26. The molecule has 0 radical (unpaired) electrons. The third-order valence-corrected chi connectivity index (χ3v) is 4.44. The summed E-state index contributed by atoms with van der Waals surface area (Å²) in [6, 6.07) is 13.1. The number of methoxy groups -OCH3 is 1. The summed E-state index contributed by atoms with van der Waals surface area (Å²) in [6.45, 7) is 2.21. The molecule has 1 aliphatic heterocycles. The molecule has 3 rings (SSSR count). The van der Waals surface area contributed by atoms with E-state index in [1.807, 2.05) is 31.2 Å². The van der Waals surface area contributed by atoms with Gasteiger partial charge in [0.2, 0.25) is 5.91 Å². The number of halogens is 1. The van der Waals surface area contributed by atoms with Crippen molar-refractivity contribution in [3.63, 3.8) is 0 Å². The minimum Gasteiger partial charge on any atom is -0.493 e. The van der Waals surface area contributed by atoms with Crippen molar-refractivity contribution in [3.05, 3.63) is 59.9 Å². The lowest BCUT2D eigenvalue weighted by atomic mass is 10.0. The fourth-order valence-electron chi connectivity index (χ4n) is 2.98. The number of hydrazine groups is 1. The SMILES string of the molecule is COc1ccccc1OCC(C)NC(=O)C1CC(c2ccc(F)cc2)NN1. The Morgan fingerprint density at radius 3 is 2.59 bits per heavy atom. The Morgan fingerprint density at radius 2 is 1.89 bits per heavy atom. The van der Waals surface area contributed by atoms with Crippen LogP contribution in [0.4, 0.5) is 4.39 Å². The molecule has 0 spiro atoms. The standard InChI is InChI=1S/C20H24FN3O3/c1-13(12-27-19-6-4-3-5-18(19)26-2)22-20(25)17-11-16(23-24-17)14-7-9-15(21)10-8-14/h3-10,13,16-17,23-24H,11-12H2,1-2H3,(H,22,25). The van der Waals surface area contributed by atoms with E-state index in [0.717, 1.165) is 5.56 Å². The Labute approximate surface area is 158 Å². The lowest BCUT2D eigenvalue weighted by molar-refractivity contribution is -0.123. The zero-order valence-electron chi connectivity index (χ0n) is 15.4. The van der Waals surface area contributed by atoms with E-state index in [-0.39, 0.29) is 29.8 Å². The molecule has 27 heavy (non-hydrogen) atoms. The summed E-state index contributed by atoms with van der Waals surface area (Å²) in [5.74, 6) is 0.907. The fraction of sp³-hybridized carbons (Fsp3) is 0.350. The molecular weight excluding hydrogens is 349 g/mol. The summed E-state index contributed by atoms with van der Waals surface area (Å²) >= 11 is 0. The van der Waals surface area contributed by atoms with Crippen LogP contribution in [0.2, 0.25) is 0 Å². The van der Waals surface area contributed by atoms with Crippen LogP contribution in [0, 0.1) is 5.82 Å². The van der Waals surface area contributed by atoms with Crippen LogP contribution in [0.1, 0.15) is 24.9 Å². The molecule has 6 nitrogen and oxygen atoms in total. The normalized spacial score (nSPS) is 20.1. The molecule has 3 atom stereocenters. The van der Waals surface area contributed by atoms with Crippen molar-refractivity contribution < 1.29 is 18.7 Å². The van der Waals surface area contributed by atoms with Crippen LogP contribution < -0.4 is 25.6 Å². The largest absolute Gasteiger partial charge is 0.493 e. The van der Waals surface area contributed by atoms with Crippen LogP contribution in [0.15, 0.2) is 48.5 Å². The average molecular weight is 373 g/mol. The number of amides is 1. The Hall–Kier alpha value is -2.64. The van der Waals surface area contributed by atoms with E-state index in [9.17, 15) is 9.18 Å². The number of para-hydroxylation sites is 2. The maximum absolute atomic E-state index is 13.0. The van der Waals surface area contributed by atoms with Gasteiger partial charge in [-0.3, -0.25) is 4.79 Å². The molecule has 1 fully saturated rings. The van der Waals surface area contributed by atoms with Gasteiger partial charge in [0.15, 0.2) is 11.5 Å². The van der Waals surface area contributed by atoms with Gasteiger partial charge >= 0.3 is 0 Å². The first-order valence-electron chi connectivity index (χ1n) is 8.89. The first-order chi connectivity index (χ1) is 13.1. The molecule has 3 N–H and O–H groups in total. The molecule has 0 saturated carbocycles. The molecular formula is C20H24FN3O3. The number of hydrogen-bond donors (Lipinski definition) is 3. The van der Waals surface area contributed by atoms with Gasteiger partial charge in [-0.15, -0.1) is 0 Å². The Balaban J connectivity index is 1.48. The molecule has 1 saturated heterocycles. The van der Waals surface area contributed by atoms with Gasteiger partial charge in [0, 0.05) is 6.04 Å². The van der Waals surface area contributed by atoms with Crippen molar-refractivity contribution in [2.24, 2.45) is 0 Å². The summed E-state index contributed by atoms with van der Waals surface area (Å²) in [7, 11) is 1.59. The zero-order valence-corrected chi connectivity index (χ0v) is 15.4. The van der Waals surface area contributed by atoms with Crippen LogP contribution in [-0.2, 0) is 4.79 Å². The molecule has 144 valence electrons. The topological polar surface area (TPSA) is 71.6 Å². The van der Waals surface area contributed by atoms with Gasteiger partial charge in [0.05, 0.1) is 13.2 Å². The van der Waals surface area contributed by atoms with Gasteiger partial charge < -0.3 is 14.8 Å². The fourth-order valence-corrected chi connectivity index (χ4v) is 2.98. The molecule has 3 unspecified atom stereocenters. The smallest absolute Gasteiger partial charge is 0.238 e. The third-order valence-electron chi connectivity index (χ3n) is 4.44. The first-order valence-corrected chi connectivity index (χ1v) is 8.89. The van der Waals surface area contributed by atoms with Crippen molar-refractivity contribution in [3.8, 4) is 11.5 Å². The lowest BCUT2D eigenvalue weighted by Crippen LogP contribution is -2.47. The minimum atomic E-state index is -0.367. The highest BCUT2D eigenvalue weighted by Crippen LogP contribution is 2.26. The van der Waals surface area contributed by atoms with Crippen LogP contribution in [-0.4, -0.2) is 31.7 Å². The van der Waals surface area contributed by atoms with E-state index < -0.39 is 0 Å². The maximum atomic E-state index is 13.0. The van der Waals surface area contributed by atoms with Crippen molar-refractivity contribution in [2.75, 3.05) is 13.7 Å². The van der Waals surface area contributed by atoms with Gasteiger partial charge in [-0.05, 0) is 43.2 Å². The predicted octanol–water partition coefficient (Wildman–Crippen LogP) is 2.33. The monoisotopic (exact) mass is 373 g/mol. The number of hydrogen-bond acceptors (Lipinski definition) is 5. The predicted molar refractivity (Wildman–Crippen MR) is 99.9 cm³/mol. The summed E-state index contributed by atoms with van der Waals surface area (Å²) in [5.41, 5.74) is 7.03. The van der Waals surface area contributed by atoms with E-state index in [0.29, 0.717) is 24.5 Å². The van der Waals surface area contributed by atoms with E-state index >= 15 is 0 Å². The van der Waals surface area contributed by atoms with Crippen LogP contribution in [0.25, 0.3) is 0 Å². The van der Waals surface area contributed by atoms with Gasteiger partial charge in [0.1, 0.15) is 18.5 Å². The van der Waals surface area contributed by atoms with E-state index in [2.05, 4.69) is 16.2 Å². The quantitative estimate of drug-likeness (QED) is 0.695. The molecule has 1 amide bonds. The van der Waals surface area contributed by atoms with E-state index in [1.54, 1.807) is 19.2 Å². The highest BCUT2D eigenvalue weighted by Gasteiger charge is 2.30. The summed E-state index contributed by atoms with van der Waals surface area (Å²) in [4.78, 5) is 12.5. The molecule has 2 aromatic rings. The van der Waals surface area contributed by atoms with Crippen molar-refractivity contribution in [1.29, 1.82) is 0 Å². The number of ether oxygens (including phenoxy) is 2. The first kappa shape index (κ1) is 19.1. The summed E-state index contributed by atoms with van der Waals surface area (Å²) in [5, 5.41) is 2.94. The van der Waals surface area contributed by atoms with Crippen LogP contribution >= 0.6 is 0 Å². The molecule has 1 heterocycles. The zero-order chi connectivity index (χ0) is 19.2. The van der Waals surface area contributed by atoms with E-state index in [4.69, 9.17) is 9.47 Å². The number of rotatable bonds is 7. The van der Waals surface area contributed by atoms with Crippen molar-refractivity contribution >= 4 is 5.91 Å². The minimum absolute atomic E-state index is 0.0403. The summed E-state index contributed by atoms with van der Waals surface area (Å²) < 4.78 is 24.0. The van der Waals surface area contributed by atoms with Crippen molar-refractivity contribution in [1.82, 2.24) is 16.2 Å². The molecule has 0 aliphatic carbocycles. The Morgan fingerprint density at radius 1 is 1.19 bits per heavy atom. The second-order valence-electron chi connectivity index (χ2n) is 6.55. The van der Waals surface area contributed by atoms with Crippen LogP contribution in [0.5, 0.6) is 11.5 Å². The van der Waals surface area contributed by atoms with Gasteiger partial charge in [-0.1, -0.05) is 24.3 Å². The molecule has 2 aromatic carbocycles. The van der Waals surface area contributed by atoms with Crippen LogP contribution in [0.3, 0.4) is 0 Å². The average Bonchev–Trinajstić information content (AvgIpc) is 3.17. The van der Waals surface area contributed by atoms with Gasteiger partial charge in [-0.2, -0.15) is 0 Å². The number of carbonyl (C=O) groups excluding carboxylic acids is 1. The lowest BCUT2D eigenvalue weighted by Gasteiger charge is -2.18. The van der Waals surface area contributed by atoms with E-state index in [1.165, 1.54) is 12.1 Å². The van der Waals surface area contributed by atoms with Gasteiger partial charge in [0.25, 0.3) is 0 Å². The highest BCUT2D eigenvalue weighted by atomic mass is 19.1. The highest BCUT2D eigenvalue weighted by molar-refractivity contribution is 5.82. The second kappa shape index (κ2) is 8.83. The summed E-state index contributed by atoms with van der Waals surface area (Å²) in [6.07, 6.45) is 0.581. The molecule has 1 aliphatic rings. The number of nitrogens with one attached hydrogen (secondary N) is 3. The second-order valence-corrected chi connectivity index (χ2v) is 6.55.